The van der Waals surface area contributed by atoms with Crippen LogP contribution >= 0.6 is 0 Å². The molecule has 0 aliphatic heterocycles. The minimum atomic E-state index is 0.0358. The van der Waals surface area contributed by atoms with Crippen LogP contribution in [-0.4, -0.2) is 38.8 Å². The highest BCUT2D eigenvalue weighted by Gasteiger charge is 2.11. The molecule has 0 heterocycles. The van der Waals surface area contributed by atoms with Crippen molar-refractivity contribution in [3.8, 4) is 0 Å². The van der Waals surface area contributed by atoms with E-state index in [0.717, 1.165) is 26.1 Å². The van der Waals surface area contributed by atoms with Crippen molar-refractivity contribution in [1.29, 1.82) is 0 Å². The molecule has 0 saturated heterocycles. The molecule has 0 aromatic heterocycles. The van der Waals surface area contributed by atoms with E-state index in [1.165, 1.54) is 16.3 Å². The summed E-state index contributed by atoms with van der Waals surface area (Å²) in [7, 11) is 3.85. The van der Waals surface area contributed by atoms with Crippen LogP contribution in [-0.2, 0) is 4.74 Å². The molecular weight excluding hydrogens is 248 g/mol. The van der Waals surface area contributed by atoms with Crippen molar-refractivity contribution in [3.05, 3.63) is 48.0 Å². The summed E-state index contributed by atoms with van der Waals surface area (Å²) in [5.74, 6) is 0. The molecule has 3 heteroatoms. The van der Waals surface area contributed by atoms with Gasteiger partial charge in [0, 0.05) is 32.8 Å². The van der Waals surface area contributed by atoms with Gasteiger partial charge in [0.15, 0.2) is 0 Å². The third kappa shape index (κ3) is 3.79. The third-order valence-electron chi connectivity index (χ3n) is 3.62. The van der Waals surface area contributed by atoms with Crippen LogP contribution in [0.1, 0.15) is 18.0 Å². The average molecular weight is 272 g/mol. The molecule has 1 atom stereocenters. The monoisotopic (exact) mass is 272 g/mol. The molecule has 0 aliphatic rings. The van der Waals surface area contributed by atoms with Gasteiger partial charge in [0.1, 0.15) is 0 Å². The Morgan fingerprint density at radius 3 is 2.70 bits per heavy atom. The Morgan fingerprint density at radius 2 is 1.90 bits per heavy atom. The van der Waals surface area contributed by atoms with Gasteiger partial charge in [-0.2, -0.15) is 0 Å². The lowest BCUT2D eigenvalue weighted by Crippen LogP contribution is -2.30. The second-order valence-corrected chi connectivity index (χ2v) is 5.28. The van der Waals surface area contributed by atoms with Gasteiger partial charge in [0.05, 0.1) is 0 Å². The van der Waals surface area contributed by atoms with E-state index >= 15 is 0 Å². The maximum atomic E-state index is 6.39. The zero-order valence-corrected chi connectivity index (χ0v) is 12.4. The zero-order valence-electron chi connectivity index (χ0n) is 12.4. The maximum Gasteiger partial charge on any atom is 0.0474 e. The Balaban J connectivity index is 2.05. The molecule has 0 spiro atoms. The van der Waals surface area contributed by atoms with Crippen molar-refractivity contribution >= 4 is 10.8 Å². The number of hydrogen-bond acceptors (Lipinski definition) is 3. The first-order chi connectivity index (χ1) is 9.72. The van der Waals surface area contributed by atoms with E-state index in [1.807, 2.05) is 0 Å². The second-order valence-electron chi connectivity index (χ2n) is 5.28. The first-order valence-electron chi connectivity index (χ1n) is 7.13. The van der Waals surface area contributed by atoms with Crippen LogP contribution < -0.4 is 5.73 Å². The molecule has 0 bridgehead atoms. The van der Waals surface area contributed by atoms with Gasteiger partial charge in [-0.15, -0.1) is 0 Å². The highest BCUT2D eigenvalue weighted by Crippen LogP contribution is 2.23. The number of rotatable bonds is 7. The quantitative estimate of drug-likeness (QED) is 0.788. The van der Waals surface area contributed by atoms with Crippen molar-refractivity contribution in [3.63, 3.8) is 0 Å². The largest absolute Gasteiger partial charge is 0.385 e. The predicted octanol–water partition coefficient (Wildman–Crippen LogP) is 2.81. The van der Waals surface area contributed by atoms with E-state index in [2.05, 4.69) is 54.4 Å². The van der Waals surface area contributed by atoms with Crippen LogP contribution in [0, 0.1) is 0 Å². The molecule has 0 amide bonds. The molecule has 3 nitrogen and oxygen atoms in total. The Bertz CT molecular complexity index is 536. The second kappa shape index (κ2) is 7.39. The van der Waals surface area contributed by atoms with E-state index in [1.54, 1.807) is 7.11 Å². The SMILES string of the molecule is COCCCN(C)CC(N)c1cccc2ccccc12. The van der Waals surface area contributed by atoms with Crippen LogP contribution in [0.15, 0.2) is 42.5 Å². The molecule has 2 aromatic carbocycles. The molecule has 0 fully saturated rings. The highest BCUT2D eigenvalue weighted by molar-refractivity contribution is 5.86. The van der Waals surface area contributed by atoms with Gasteiger partial charge in [-0.3, -0.25) is 0 Å². The van der Waals surface area contributed by atoms with E-state index < -0.39 is 0 Å². The summed E-state index contributed by atoms with van der Waals surface area (Å²) in [6.45, 7) is 2.66. The molecule has 0 saturated carbocycles. The minimum Gasteiger partial charge on any atom is -0.385 e. The van der Waals surface area contributed by atoms with Gasteiger partial charge < -0.3 is 15.4 Å². The zero-order chi connectivity index (χ0) is 14.4. The average Bonchev–Trinajstić information content (AvgIpc) is 2.47. The van der Waals surface area contributed by atoms with E-state index in [0.29, 0.717) is 0 Å². The molecule has 2 aromatic rings. The summed E-state index contributed by atoms with van der Waals surface area (Å²) in [5, 5.41) is 2.51. The lowest BCUT2D eigenvalue weighted by Gasteiger charge is -2.22. The first kappa shape index (κ1) is 15.0. The fraction of sp³-hybridized carbons (Fsp3) is 0.412. The number of benzene rings is 2. The van der Waals surface area contributed by atoms with Crippen LogP contribution in [0.4, 0.5) is 0 Å². The lowest BCUT2D eigenvalue weighted by atomic mass is 9.99. The fourth-order valence-electron chi connectivity index (χ4n) is 2.58. The van der Waals surface area contributed by atoms with Gasteiger partial charge in [-0.05, 0) is 29.8 Å². The summed E-state index contributed by atoms with van der Waals surface area (Å²) in [4.78, 5) is 2.27. The summed E-state index contributed by atoms with van der Waals surface area (Å²) in [6, 6.07) is 14.8. The van der Waals surface area contributed by atoms with Gasteiger partial charge in [0.2, 0.25) is 0 Å². The summed E-state index contributed by atoms with van der Waals surface area (Å²) in [6.07, 6.45) is 1.04. The number of nitrogens with zero attached hydrogens (tertiary/aromatic N) is 1. The summed E-state index contributed by atoms with van der Waals surface area (Å²) < 4.78 is 5.08. The van der Waals surface area contributed by atoms with E-state index in [-0.39, 0.29) is 6.04 Å². The normalized spacial score (nSPS) is 13.0. The molecule has 1 unspecified atom stereocenters. The Morgan fingerprint density at radius 1 is 1.15 bits per heavy atom. The number of fused-ring (bicyclic) bond motifs is 1. The third-order valence-corrected chi connectivity index (χ3v) is 3.62. The topological polar surface area (TPSA) is 38.5 Å². The van der Waals surface area contributed by atoms with Crippen LogP contribution in [0.2, 0.25) is 0 Å². The van der Waals surface area contributed by atoms with Gasteiger partial charge >= 0.3 is 0 Å². The predicted molar refractivity (Wildman–Crippen MR) is 84.9 cm³/mol. The molecule has 2 rings (SSSR count). The molecular formula is C17H24N2O. The Kier molecular flexibility index (Phi) is 5.53. The summed E-state index contributed by atoms with van der Waals surface area (Å²) >= 11 is 0. The number of ether oxygens (including phenoxy) is 1. The number of nitrogens with two attached hydrogens (primary N) is 1. The molecule has 108 valence electrons. The van der Waals surface area contributed by atoms with Gasteiger partial charge in [0.25, 0.3) is 0 Å². The van der Waals surface area contributed by atoms with Crippen molar-refractivity contribution in [2.24, 2.45) is 5.73 Å². The minimum absolute atomic E-state index is 0.0358. The van der Waals surface area contributed by atoms with Gasteiger partial charge in [-0.1, -0.05) is 42.5 Å². The van der Waals surface area contributed by atoms with Crippen molar-refractivity contribution in [2.75, 3.05) is 33.9 Å². The van der Waals surface area contributed by atoms with Crippen LogP contribution in [0.5, 0.6) is 0 Å². The first-order valence-corrected chi connectivity index (χ1v) is 7.13. The maximum absolute atomic E-state index is 6.39. The van der Waals surface area contributed by atoms with Gasteiger partial charge in [-0.25, -0.2) is 0 Å². The summed E-state index contributed by atoms with van der Waals surface area (Å²) in [5.41, 5.74) is 7.62. The van der Waals surface area contributed by atoms with Crippen LogP contribution in [0.3, 0.4) is 0 Å². The van der Waals surface area contributed by atoms with E-state index in [9.17, 15) is 0 Å². The van der Waals surface area contributed by atoms with Crippen molar-refractivity contribution in [1.82, 2.24) is 4.90 Å². The molecule has 2 N–H and O–H groups in total. The number of hydrogen-bond donors (Lipinski definition) is 1. The fourth-order valence-corrected chi connectivity index (χ4v) is 2.58. The van der Waals surface area contributed by atoms with E-state index in [4.69, 9.17) is 10.5 Å². The molecule has 20 heavy (non-hydrogen) atoms. The number of methoxy groups -OCH3 is 1. The van der Waals surface area contributed by atoms with Crippen molar-refractivity contribution < 1.29 is 4.74 Å². The standard InChI is InChI=1S/C17H24N2O/c1-19(11-6-12-20-2)13-17(18)16-10-5-8-14-7-3-4-9-15(14)16/h3-5,7-10,17H,6,11-13,18H2,1-2H3. The Labute approximate surface area is 121 Å². The van der Waals surface area contributed by atoms with Crippen LogP contribution in [0.25, 0.3) is 10.8 Å². The molecule has 0 aliphatic carbocycles. The van der Waals surface area contributed by atoms with Crippen molar-refractivity contribution in [2.45, 2.75) is 12.5 Å². The Hall–Kier alpha value is -1.42. The lowest BCUT2D eigenvalue weighted by molar-refractivity contribution is 0.178. The number of likely N-dealkylation sites (N-methyl/N-ethyl adjacent to an activating group) is 1. The smallest absolute Gasteiger partial charge is 0.0474 e. The highest BCUT2D eigenvalue weighted by atomic mass is 16.5. The molecule has 0 radical (unpaired) electrons.